The molecule has 7 heteroatoms. The molecule has 0 aromatic heterocycles. The average molecular weight is 433 g/mol. The van der Waals surface area contributed by atoms with E-state index in [1.54, 1.807) is 0 Å². The first-order valence-corrected chi connectivity index (χ1v) is 11.8. The van der Waals surface area contributed by atoms with Crippen LogP contribution in [0.25, 0.3) is 0 Å². The Morgan fingerprint density at radius 1 is 1.23 bits per heavy atom. The summed E-state index contributed by atoms with van der Waals surface area (Å²) in [5, 5.41) is 3.51. The van der Waals surface area contributed by atoms with Gasteiger partial charge in [-0.15, -0.1) is 0 Å². The Balaban J connectivity index is 1.41. The van der Waals surface area contributed by atoms with E-state index < -0.39 is 0 Å². The number of nitrogens with one attached hydrogen (secondary N) is 1. The fourth-order valence-electron chi connectivity index (χ4n) is 4.34. The molecule has 0 aliphatic carbocycles. The lowest BCUT2D eigenvalue weighted by Gasteiger charge is -2.34. The van der Waals surface area contributed by atoms with E-state index in [0.717, 1.165) is 83.4 Å². The van der Waals surface area contributed by atoms with Crippen LogP contribution in [0.15, 0.2) is 29.3 Å². The van der Waals surface area contributed by atoms with Crippen molar-refractivity contribution in [1.82, 2.24) is 15.1 Å². The molecule has 0 unspecified atom stereocenters. The fourth-order valence-corrected chi connectivity index (χ4v) is 4.34. The average Bonchev–Trinajstić information content (AvgIpc) is 2.81. The van der Waals surface area contributed by atoms with Crippen LogP contribution in [0, 0.1) is 0 Å². The third-order valence-corrected chi connectivity index (χ3v) is 6.23. The quantitative estimate of drug-likeness (QED) is 0.478. The number of nitrogens with zero attached hydrogens (tertiary/aromatic N) is 3. The van der Waals surface area contributed by atoms with Crippen molar-refractivity contribution in [2.24, 2.45) is 4.99 Å². The van der Waals surface area contributed by atoms with Gasteiger partial charge < -0.3 is 24.4 Å². The van der Waals surface area contributed by atoms with Gasteiger partial charge in [0.2, 0.25) is 0 Å². The maximum atomic E-state index is 6.04. The summed E-state index contributed by atoms with van der Waals surface area (Å²) in [6.07, 6.45) is 4.73. The van der Waals surface area contributed by atoms with Crippen molar-refractivity contribution < 1.29 is 14.2 Å². The van der Waals surface area contributed by atoms with Crippen LogP contribution in [0.2, 0.25) is 0 Å². The second-order valence-electron chi connectivity index (χ2n) is 8.36. The van der Waals surface area contributed by atoms with Gasteiger partial charge in [-0.2, -0.15) is 0 Å². The van der Waals surface area contributed by atoms with E-state index in [-0.39, 0.29) is 0 Å². The van der Waals surface area contributed by atoms with Crippen LogP contribution in [-0.4, -0.2) is 88.1 Å². The molecule has 2 heterocycles. The van der Waals surface area contributed by atoms with Crippen molar-refractivity contribution in [3.8, 4) is 5.75 Å². The van der Waals surface area contributed by atoms with E-state index in [1.807, 2.05) is 13.1 Å². The van der Waals surface area contributed by atoms with Crippen LogP contribution in [0.1, 0.15) is 38.2 Å². The number of ether oxygens (including phenoxy) is 3. The highest BCUT2D eigenvalue weighted by Crippen LogP contribution is 2.16. The minimum Gasteiger partial charge on any atom is -0.492 e. The second-order valence-corrected chi connectivity index (χ2v) is 8.36. The third-order valence-electron chi connectivity index (χ3n) is 6.23. The van der Waals surface area contributed by atoms with Gasteiger partial charge in [0.1, 0.15) is 12.4 Å². The highest BCUT2D eigenvalue weighted by Gasteiger charge is 2.21. The number of benzene rings is 1. The molecule has 0 atom stereocenters. The Morgan fingerprint density at radius 3 is 2.71 bits per heavy atom. The molecule has 1 aromatic carbocycles. The van der Waals surface area contributed by atoms with Crippen molar-refractivity contribution in [2.75, 3.05) is 60.2 Å². The maximum absolute atomic E-state index is 6.04. The molecule has 31 heavy (non-hydrogen) atoms. The first-order chi connectivity index (χ1) is 15.2. The summed E-state index contributed by atoms with van der Waals surface area (Å²) in [5.74, 6) is 1.88. The molecule has 2 fully saturated rings. The maximum Gasteiger partial charge on any atom is 0.193 e. The van der Waals surface area contributed by atoms with Crippen molar-refractivity contribution in [3.05, 3.63) is 29.8 Å². The number of rotatable bonds is 9. The molecule has 3 rings (SSSR count). The van der Waals surface area contributed by atoms with Crippen molar-refractivity contribution in [1.29, 1.82) is 0 Å². The van der Waals surface area contributed by atoms with Gasteiger partial charge in [0.15, 0.2) is 5.96 Å². The van der Waals surface area contributed by atoms with Crippen LogP contribution < -0.4 is 10.1 Å². The highest BCUT2D eigenvalue weighted by atomic mass is 16.5. The lowest BCUT2D eigenvalue weighted by molar-refractivity contribution is 0.0263. The van der Waals surface area contributed by atoms with E-state index in [0.29, 0.717) is 18.8 Å². The summed E-state index contributed by atoms with van der Waals surface area (Å²) in [4.78, 5) is 9.20. The van der Waals surface area contributed by atoms with Crippen molar-refractivity contribution >= 4 is 5.96 Å². The Labute approximate surface area is 187 Å². The lowest BCUT2D eigenvalue weighted by atomic mass is 10.1. The predicted molar refractivity (Wildman–Crippen MR) is 125 cm³/mol. The number of guanidine groups is 1. The van der Waals surface area contributed by atoms with Gasteiger partial charge in [0, 0.05) is 59.1 Å². The predicted octanol–water partition coefficient (Wildman–Crippen LogP) is 2.75. The summed E-state index contributed by atoms with van der Waals surface area (Å²) < 4.78 is 17.3. The monoisotopic (exact) mass is 432 g/mol. The standard InChI is InChI=1S/C24H40N4O3/c1-4-30-22-8-12-28(13-9-22)24(25-2)26-19-20-6-5-7-23(18-20)31-17-14-27(3)21-10-15-29-16-11-21/h5-7,18,21-22H,4,8-17,19H2,1-3H3,(H,25,26). The summed E-state index contributed by atoms with van der Waals surface area (Å²) in [6.45, 7) is 8.92. The molecular formula is C24H40N4O3. The number of likely N-dealkylation sites (N-methyl/N-ethyl adjacent to an activating group) is 1. The molecule has 1 aromatic rings. The zero-order valence-electron chi connectivity index (χ0n) is 19.5. The third kappa shape index (κ3) is 7.66. The molecule has 0 saturated carbocycles. The summed E-state index contributed by atoms with van der Waals surface area (Å²) >= 11 is 0. The minimum absolute atomic E-state index is 0.388. The van der Waals surface area contributed by atoms with Gasteiger partial charge in [-0.05, 0) is 57.4 Å². The van der Waals surface area contributed by atoms with Gasteiger partial charge in [0.05, 0.1) is 6.10 Å². The summed E-state index contributed by atoms with van der Waals surface area (Å²) in [5.41, 5.74) is 1.20. The first-order valence-electron chi connectivity index (χ1n) is 11.8. The largest absolute Gasteiger partial charge is 0.492 e. The lowest BCUT2D eigenvalue weighted by Crippen LogP contribution is -2.46. The topological polar surface area (TPSA) is 58.6 Å². The van der Waals surface area contributed by atoms with Gasteiger partial charge in [-0.1, -0.05) is 12.1 Å². The van der Waals surface area contributed by atoms with Gasteiger partial charge in [0.25, 0.3) is 0 Å². The van der Waals surface area contributed by atoms with Crippen LogP contribution in [0.5, 0.6) is 5.75 Å². The molecule has 0 radical (unpaired) electrons. The van der Waals surface area contributed by atoms with Gasteiger partial charge in [-0.25, -0.2) is 0 Å². The van der Waals surface area contributed by atoms with Crippen LogP contribution >= 0.6 is 0 Å². The Hall–Kier alpha value is -1.83. The minimum atomic E-state index is 0.388. The molecule has 174 valence electrons. The van der Waals surface area contributed by atoms with Crippen molar-refractivity contribution in [2.45, 2.75) is 51.3 Å². The molecule has 0 bridgehead atoms. The van der Waals surface area contributed by atoms with Crippen molar-refractivity contribution in [3.63, 3.8) is 0 Å². The second kappa shape index (κ2) is 12.9. The smallest absolute Gasteiger partial charge is 0.193 e. The van der Waals surface area contributed by atoms with Gasteiger partial charge >= 0.3 is 0 Å². The Kier molecular flexibility index (Phi) is 9.90. The van der Waals surface area contributed by atoms with Crippen LogP contribution in [0.3, 0.4) is 0 Å². The number of aliphatic imine (C=N–C) groups is 1. The van der Waals surface area contributed by atoms with Crippen LogP contribution in [0.4, 0.5) is 0 Å². The Bertz CT molecular complexity index is 671. The molecular weight excluding hydrogens is 392 g/mol. The molecule has 7 nitrogen and oxygen atoms in total. The number of hydrogen-bond acceptors (Lipinski definition) is 5. The summed E-state index contributed by atoms with van der Waals surface area (Å²) in [6, 6.07) is 8.95. The zero-order chi connectivity index (χ0) is 21.9. The van der Waals surface area contributed by atoms with Gasteiger partial charge in [-0.3, -0.25) is 9.89 Å². The number of piperidine rings is 1. The van der Waals surface area contributed by atoms with E-state index in [4.69, 9.17) is 14.2 Å². The molecule has 2 saturated heterocycles. The summed E-state index contributed by atoms with van der Waals surface area (Å²) in [7, 11) is 4.04. The zero-order valence-corrected chi connectivity index (χ0v) is 19.5. The molecule has 1 N–H and O–H groups in total. The normalized spacial score (nSPS) is 19.1. The van der Waals surface area contributed by atoms with E-state index in [2.05, 4.69) is 52.3 Å². The number of hydrogen-bond donors (Lipinski definition) is 1. The van der Waals surface area contributed by atoms with E-state index in [9.17, 15) is 0 Å². The van der Waals surface area contributed by atoms with E-state index in [1.165, 1.54) is 5.56 Å². The highest BCUT2D eigenvalue weighted by molar-refractivity contribution is 5.80. The molecule has 2 aliphatic heterocycles. The molecule has 0 spiro atoms. The van der Waals surface area contributed by atoms with Crippen LogP contribution in [-0.2, 0) is 16.0 Å². The first kappa shape index (κ1) is 23.8. The Morgan fingerprint density at radius 2 is 2.00 bits per heavy atom. The molecule has 0 amide bonds. The van der Waals surface area contributed by atoms with E-state index >= 15 is 0 Å². The number of likely N-dealkylation sites (tertiary alicyclic amines) is 1. The molecule has 2 aliphatic rings. The SMILES string of the molecule is CCOC1CCN(C(=NC)NCc2cccc(OCCN(C)C3CCOCC3)c2)CC1. The fraction of sp³-hybridized carbons (Fsp3) is 0.708.